The van der Waals surface area contributed by atoms with Gasteiger partial charge in [-0.2, -0.15) is 20.7 Å². The molecule has 0 aliphatic rings. The Hall–Kier alpha value is -7.32. The summed E-state index contributed by atoms with van der Waals surface area (Å²) >= 11 is 0. The molecule has 340 valence electrons. The molecule has 0 amide bonds. The molecule has 7 heteroatoms. The van der Waals surface area contributed by atoms with Crippen LogP contribution < -0.4 is 0 Å². The van der Waals surface area contributed by atoms with Gasteiger partial charge in [-0.3, -0.25) is 9.36 Å². The van der Waals surface area contributed by atoms with Gasteiger partial charge in [0, 0.05) is 59.3 Å². The molecular weight excluding hydrogens is 821 g/mol. The van der Waals surface area contributed by atoms with Crippen molar-refractivity contribution in [2.24, 2.45) is 0 Å². The van der Waals surface area contributed by atoms with Gasteiger partial charge in [0.25, 0.3) is 0 Å². The first-order valence-electron chi connectivity index (χ1n) is 24.0. The van der Waals surface area contributed by atoms with E-state index in [1.54, 1.807) is 0 Å². The lowest BCUT2D eigenvalue weighted by molar-refractivity contribution is 0.529. The van der Waals surface area contributed by atoms with Gasteiger partial charge >= 0.3 is 0 Å². The fourth-order valence-electron chi connectivity index (χ4n) is 8.72. The maximum Gasteiger partial charge on any atom is 0.101 e. The fraction of sp³-hybridized carbons (Fsp3) is 0.267. The molecule has 0 aliphatic heterocycles. The van der Waals surface area contributed by atoms with Crippen LogP contribution in [0.15, 0.2) is 182 Å². The summed E-state index contributed by atoms with van der Waals surface area (Å²) in [5.74, 6) is 0. The van der Waals surface area contributed by atoms with Crippen LogP contribution in [0, 0.1) is 22.7 Å². The average molecular weight is 885 g/mol. The van der Waals surface area contributed by atoms with Gasteiger partial charge in [-0.1, -0.05) is 233 Å². The number of hydrogen-bond donors (Lipinski definition) is 0. The van der Waals surface area contributed by atoms with Crippen molar-refractivity contribution < 1.29 is 5.48 Å². The van der Waals surface area contributed by atoms with Gasteiger partial charge in [-0.05, 0) is 36.8 Å². The number of hydrogen-bond acceptors (Lipinski definition) is 4. The zero-order chi connectivity index (χ0) is 45.4. The molecular formula is C60H64N6O. The lowest BCUT2D eigenvalue weighted by Crippen LogP contribution is -2.03. The molecule has 2 N–H and O–H groups in total. The Morgan fingerprint density at radius 1 is 0.313 bits per heavy atom. The first-order valence-corrected chi connectivity index (χ1v) is 24.0. The van der Waals surface area contributed by atoms with E-state index in [0.717, 1.165) is 74.1 Å². The van der Waals surface area contributed by atoms with Gasteiger partial charge in [0.1, 0.15) is 11.4 Å². The lowest BCUT2D eigenvalue weighted by Gasteiger charge is -2.11. The van der Waals surface area contributed by atoms with Crippen LogP contribution in [0.25, 0.3) is 67.3 Å². The molecule has 6 aromatic carbocycles. The summed E-state index contributed by atoms with van der Waals surface area (Å²) in [6.07, 6.45) is 15.1. The normalized spacial score (nSPS) is 10.6. The Labute approximate surface area is 398 Å². The molecule has 0 spiro atoms. The number of nitrogens with zero attached hydrogens (tertiary/aromatic N) is 6. The first kappa shape index (κ1) is 49.1. The van der Waals surface area contributed by atoms with Crippen molar-refractivity contribution in [1.29, 1.82) is 10.5 Å². The summed E-state index contributed by atoms with van der Waals surface area (Å²) in [5, 5.41) is 27.7. The molecule has 0 fully saturated rings. The molecule has 2 heterocycles. The molecule has 67 heavy (non-hydrogen) atoms. The summed E-state index contributed by atoms with van der Waals surface area (Å²) in [6.45, 7) is 1.80. The van der Waals surface area contributed by atoms with Crippen LogP contribution in [-0.4, -0.2) is 25.0 Å². The van der Waals surface area contributed by atoms with Crippen LogP contribution in [0.3, 0.4) is 0 Å². The maximum absolute atomic E-state index is 8.68. The third kappa shape index (κ3) is 13.8. The van der Waals surface area contributed by atoms with Crippen LogP contribution in [0.2, 0.25) is 0 Å². The molecule has 0 aliphatic carbocycles. The Morgan fingerprint density at radius 3 is 0.866 bits per heavy atom. The molecule has 0 saturated carbocycles. The number of aryl methyl sites for hydroxylation is 2. The Bertz CT molecular complexity index is 2510. The summed E-state index contributed by atoms with van der Waals surface area (Å²) in [5.41, 5.74) is 13.9. The van der Waals surface area contributed by atoms with Crippen LogP contribution >= 0.6 is 0 Å². The molecule has 0 saturated heterocycles. The second-order valence-electron chi connectivity index (χ2n) is 16.8. The predicted octanol–water partition coefficient (Wildman–Crippen LogP) is 15.5. The largest absolute Gasteiger partial charge is 0.412 e. The second kappa shape index (κ2) is 27.2. The lowest BCUT2D eigenvalue weighted by atomic mass is 9.96. The molecule has 0 atom stereocenters. The minimum Gasteiger partial charge on any atom is -0.412 e. The first-order chi connectivity index (χ1) is 32.8. The van der Waals surface area contributed by atoms with Gasteiger partial charge in [0.15, 0.2) is 0 Å². The minimum atomic E-state index is 0. The van der Waals surface area contributed by atoms with Crippen molar-refractivity contribution in [3.63, 3.8) is 0 Å². The molecule has 2 aromatic heterocycles. The summed E-state index contributed by atoms with van der Waals surface area (Å²) in [7, 11) is 0. The van der Waals surface area contributed by atoms with Crippen molar-refractivity contribution >= 4 is 0 Å². The smallest absolute Gasteiger partial charge is 0.101 e. The van der Waals surface area contributed by atoms with Crippen molar-refractivity contribution in [1.82, 2.24) is 19.6 Å². The van der Waals surface area contributed by atoms with Crippen LogP contribution in [0.1, 0.15) is 89.9 Å². The number of unbranched alkanes of at least 4 members (excludes halogenated alkanes) is 12. The number of aromatic nitrogens is 4. The molecule has 8 rings (SSSR count). The summed E-state index contributed by atoms with van der Waals surface area (Å²) in [4.78, 5) is 0. The highest BCUT2D eigenvalue weighted by atomic mass is 16.0. The molecule has 7 nitrogen and oxygen atoms in total. The number of benzene rings is 6. The van der Waals surface area contributed by atoms with E-state index in [4.69, 9.17) is 20.7 Å². The Kier molecular flexibility index (Phi) is 20.0. The number of nitriles is 2. The van der Waals surface area contributed by atoms with E-state index in [-0.39, 0.29) is 5.48 Å². The summed E-state index contributed by atoms with van der Waals surface area (Å²) in [6, 6.07) is 68.0. The maximum atomic E-state index is 8.68. The van der Waals surface area contributed by atoms with Gasteiger partial charge in [0.2, 0.25) is 0 Å². The Balaban J connectivity index is 0.000000218. The molecule has 0 radical (unpaired) electrons. The SMILES string of the molecule is N#CCCCCCCCCn1nc(-c2ccccc2)c(-c2ccccc2)c1-c1ccccc1.N#CCCCCCCCCn1nc(-c2ccccc2)c(-c2ccccc2)c1-c1ccccc1.O. The van der Waals surface area contributed by atoms with Crippen molar-refractivity contribution in [2.75, 3.05) is 0 Å². The standard InChI is InChI=1S/2C30H31N3.H2O/c2*31-23-15-4-2-1-3-5-16-24-33-30(27-21-13-8-14-22-27)28(25-17-9-6-10-18-25)29(32-33)26-19-11-7-12-20-26;/h2*6-14,17-22H,1-5,15-16,24H2;1H2. The number of rotatable bonds is 22. The third-order valence-corrected chi connectivity index (χ3v) is 12.0. The quantitative estimate of drug-likeness (QED) is 0.0630. The van der Waals surface area contributed by atoms with Gasteiger partial charge < -0.3 is 5.48 Å². The van der Waals surface area contributed by atoms with Crippen molar-refractivity contribution in [2.45, 2.75) is 103 Å². The van der Waals surface area contributed by atoms with E-state index in [1.807, 2.05) is 0 Å². The van der Waals surface area contributed by atoms with E-state index in [1.165, 1.54) is 83.3 Å². The average Bonchev–Trinajstić information content (AvgIpc) is 3.97. The van der Waals surface area contributed by atoms with E-state index in [0.29, 0.717) is 12.8 Å². The molecule has 0 unspecified atom stereocenters. The van der Waals surface area contributed by atoms with Gasteiger partial charge in [-0.15, -0.1) is 0 Å². The van der Waals surface area contributed by atoms with Crippen molar-refractivity contribution in [3.8, 4) is 79.4 Å². The highest BCUT2D eigenvalue weighted by Gasteiger charge is 2.23. The van der Waals surface area contributed by atoms with Gasteiger partial charge in [-0.25, -0.2) is 0 Å². The highest BCUT2D eigenvalue weighted by molar-refractivity contribution is 5.93. The molecule has 0 bridgehead atoms. The summed E-state index contributed by atoms with van der Waals surface area (Å²) < 4.78 is 4.44. The highest BCUT2D eigenvalue weighted by Crippen LogP contribution is 2.41. The van der Waals surface area contributed by atoms with E-state index in [9.17, 15) is 0 Å². The van der Waals surface area contributed by atoms with Crippen LogP contribution in [0.5, 0.6) is 0 Å². The topological polar surface area (TPSA) is 115 Å². The second-order valence-corrected chi connectivity index (χ2v) is 16.8. The van der Waals surface area contributed by atoms with E-state index >= 15 is 0 Å². The monoisotopic (exact) mass is 885 g/mol. The van der Waals surface area contributed by atoms with E-state index < -0.39 is 0 Å². The predicted molar refractivity (Wildman–Crippen MR) is 277 cm³/mol. The van der Waals surface area contributed by atoms with E-state index in [2.05, 4.69) is 203 Å². The van der Waals surface area contributed by atoms with Crippen LogP contribution in [0.4, 0.5) is 0 Å². The molecule has 8 aromatic rings. The van der Waals surface area contributed by atoms with Crippen LogP contribution in [-0.2, 0) is 13.1 Å². The van der Waals surface area contributed by atoms with Gasteiger partial charge in [0.05, 0.1) is 23.5 Å². The zero-order valence-electron chi connectivity index (χ0n) is 38.8. The minimum absolute atomic E-state index is 0. The van der Waals surface area contributed by atoms with Crippen molar-refractivity contribution in [3.05, 3.63) is 182 Å². The fourth-order valence-corrected chi connectivity index (χ4v) is 8.72. The zero-order valence-corrected chi connectivity index (χ0v) is 38.8. The third-order valence-electron chi connectivity index (χ3n) is 12.0. The Morgan fingerprint density at radius 2 is 0.567 bits per heavy atom.